The van der Waals surface area contributed by atoms with Crippen molar-refractivity contribution in [1.29, 1.82) is 0 Å². The van der Waals surface area contributed by atoms with Gasteiger partial charge in [-0.05, 0) is 12.1 Å². The first-order chi connectivity index (χ1) is 12.5. The molecule has 2 heterocycles. The van der Waals surface area contributed by atoms with Gasteiger partial charge in [0.25, 0.3) is 0 Å². The Labute approximate surface area is 151 Å². The van der Waals surface area contributed by atoms with Gasteiger partial charge in [0.15, 0.2) is 25.5 Å². The topological polar surface area (TPSA) is 88.7 Å². The van der Waals surface area contributed by atoms with E-state index < -0.39 is 12.6 Å². The van der Waals surface area contributed by atoms with Crippen LogP contribution in [0, 0.1) is 0 Å². The smallest absolute Gasteiger partial charge is 0.240 e. The van der Waals surface area contributed by atoms with E-state index >= 15 is 0 Å². The molecule has 134 valence electrons. The van der Waals surface area contributed by atoms with Crippen molar-refractivity contribution >= 4 is 0 Å². The van der Waals surface area contributed by atoms with Crippen LogP contribution in [0.15, 0.2) is 73.1 Å². The van der Waals surface area contributed by atoms with Gasteiger partial charge >= 0.3 is 0 Å². The first-order valence-electron chi connectivity index (χ1n) is 8.31. The van der Waals surface area contributed by atoms with Gasteiger partial charge in [0.05, 0.1) is 0 Å². The van der Waals surface area contributed by atoms with Crippen LogP contribution in [0.4, 0.5) is 0 Å². The minimum atomic E-state index is -1.52. The Hall–Kier alpha value is -2.64. The highest BCUT2D eigenvalue weighted by atomic mass is 16.5. The van der Waals surface area contributed by atoms with Gasteiger partial charge in [-0.3, -0.25) is 0 Å². The van der Waals surface area contributed by atoms with Crippen LogP contribution >= 0.6 is 0 Å². The largest absolute Gasteiger partial charge is 0.360 e. The third kappa shape index (κ3) is 4.30. The molecule has 26 heavy (non-hydrogen) atoms. The third-order valence-electron chi connectivity index (χ3n) is 4.21. The summed E-state index contributed by atoms with van der Waals surface area (Å²) < 4.78 is 3.57. The minimum absolute atomic E-state index is 0.429. The van der Waals surface area contributed by atoms with E-state index in [0.29, 0.717) is 24.5 Å². The second-order valence-corrected chi connectivity index (χ2v) is 6.07. The molecule has 0 saturated carbocycles. The van der Waals surface area contributed by atoms with Gasteiger partial charge in [-0.1, -0.05) is 24.3 Å². The number of nitrogens with zero attached hydrogens (tertiary/aromatic N) is 2. The highest BCUT2D eigenvalue weighted by Crippen LogP contribution is 2.09. The van der Waals surface area contributed by atoms with E-state index in [2.05, 4.69) is 0 Å². The predicted molar refractivity (Wildman–Crippen MR) is 92.3 cm³/mol. The number of hydrogen-bond donors (Lipinski definition) is 4. The van der Waals surface area contributed by atoms with E-state index in [1.54, 1.807) is 45.8 Å². The lowest BCUT2D eigenvalue weighted by molar-refractivity contribution is -0.702. The zero-order chi connectivity index (χ0) is 18.5. The molecule has 3 aromatic rings. The Morgan fingerprint density at radius 1 is 0.577 bits per heavy atom. The van der Waals surface area contributed by atoms with E-state index in [1.165, 1.54) is 0 Å². The number of pyridine rings is 2. The van der Waals surface area contributed by atoms with Gasteiger partial charge in [-0.25, -0.2) is 0 Å². The number of aliphatic hydroxyl groups is 4. The molecular formula is C20H22N2O4+2. The Bertz CT molecular complexity index is 791. The molecule has 6 heteroatoms. The van der Waals surface area contributed by atoms with Crippen molar-refractivity contribution in [1.82, 2.24) is 0 Å². The summed E-state index contributed by atoms with van der Waals surface area (Å²) in [5.41, 5.74) is 2.90. The normalized spacial score (nSPS) is 11.3. The molecule has 6 nitrogen and oxygen atoms in total. The molecule has 0 atom stereocenters. The van der Waals surface area contributed by atoms with Crippen LogP contribution in [0.1, 0.15) is 35.1 Å². The molecule has 0 aliphatic carbocycles. The maximum Gasteiger partial charge on any atom is 0.240 e. The van der Waals surface area contributed by atoms with Gasteiger partial charge < -0.3 is 20.4 Å². The molecular weight excluding hydrogens is 332 g/mol. The number of benzene rings is 1. The van der Waals surface area contributed by atoms with E-state index in [9.17, 15) is 20.4 Å². The van der Waals surface area contributed by atoms with Gasteiger partial charge in [0, 0.05) is 35.4 Å². The van der Waals surface area contributed by atoms with Crippen LogP contribution in [0.2, 0.25) is 0 Å². The van der Waals surface area contributed by atoms with E-state index in [1.807, 2.05) is 36.4 Å². The number of aliphatic hydroxyl groups excluding tert-OH is 2. The average Bonchev–Trinajstić information content (AvgIpc) is 2.64. The molecule has 0 spiro atoms. The van der Waals surface area contributed by atoms with E-state index in [0.717, 1.165) is 11.1 Å². The van der Waals surface area contributed by atoms with Crippen LogP contribution in [-0.2, 0) is 13.1 Å². The van der Waals surface area contributed by atoms with Crippen LogP contribution in [-0.4, -0.2) is 20.4 Å². The Morgan fingerprint density at radius 2 is 0.962 bits per heavy atom. The highest BCUT2D eigenvalue weighted by Gasteiger charge is 2.18. The van der Waals surface area contributed by atoms with Crippen molar-refractivity contribution in [2.75, 3.05) is 0 Å². The summed E-state index contributed by atoms with van der Waals surface area (Å²) in [5.74, 6) is 0. The summed E-state index contributed by atoms with van der Waals surface area (Å²) in [6.07, 6.45) is 0.566. The maximum atomic E-state index is 9.45. The summed E-state index contributed by atoms with van der Waals surface area (Å²) in [7, 11) is 0. The first kappa shape index (κ1) is 18.2. The Morgan fingerprint density at radius 3 is 1.31 bits per heavy atom. The predicted octanol–water partition coefficient (Wildman–Crippen LogP) is 0.325. The summed E-state index contributed by atoms with van der Waals surface area (Å²) in [6, 6.07) is 18.4. The molecule has 0 aliphatic heterocycles. The average molecular weight is 354 g/mol. The molecule has 3 rings (SSSR count). The van der Waals surface area contributed by atoms with Crippen LogP contribution in [0.5, 0.6) is 0 Å². The van der Waals surface area contributed by atoms with Gasteiger partial charge in [0.1, 0.15) is 0 Å². The van der Waals surface area contributed by atoms with E-state index in [-0.39, 0.29) is 0 Å². The molecule has 4 N–H and O–H groups in total. The molecule has 2 aromatic heterocycles. The number of hydrogen-bond acceptors (Lipinski definition) is 4. The molecule has 0 aliphatic rings. The van der Waals surface area contributed by atoms with Crippen LogP contribution in [0.25, 0.3) is 0 Å². The first-order valence-corrected chi connectivity index (χ1v) is 8.31. The monoisotopic (exact) mass is 354 g/mol. The lowest BCUT2D eigenvalue weighted by atomic mass is 10.1. The third-order valence-corrected chi connectivity index (χ3v) is 4.21. The second-order valence-electron chi connectivity index (χ2n) is 6.07. The fraction of sp³-hybridized carbons (Fsp3) is 0.200. The van der Waals surface area contributed by atoms with Gasteiger partial charge in [-0.2, -0.15) is 9.13 Å². The lowest BCUT2D eigenvalue weighted by Crippen LogP contribution is -2.40. The zero-order valence-corrected chi connectivity index (χ0v) is 14.2. The van der Waals surface area contributed by atoms with E-state index in [4.69, 9.17) is 0 Å². The summed E-state index contributed by atoms with van der Waals surface area (Å²) in [6.45, 7) is 1.04. The van der Waals surface area contributed by atoms with Gasteiger partial charge in [0.2, 0.25) is 24.0 Å². The number of aromatic nitrogens is 2. The number of rotatable bonds is 6. The molecule has 0 unspecified atom stereocenters. The maximum absolute atomic E-state index is 9.45. The van der Waals surface area contributed by atoms with Crippen molar-refractivity contribution in [3.8, 4) is 0 Å². The SMILES string of the molecule is OC(O)c1cccc[n+]1Cc1ccc(C[n+]2ccccc2C(O)O)cc1. The zero-order valence-electron chi connectivity index (χ0n) is 14.2. The molecule has 0 amide bonds. The van der Waals surface area contributed by atoms with Crippen molar-refractivity contribution in [2.45, 2.75) is 25.7 Å². The summed E-state index contributed by atoms with van der Waals surface area (Å²) in [5, 5.41) is 37.8. The molecule has 0 radical (unpaired) electrons. The summed E-state index contributed by atoms with van der Waals surface area (Å²) in [4.78, 5) is 0. The molecule has 0 saturated heterocycles. The fourth-order valence-corrected chi connectivity index (χ4v) is 2.88. The highest BCUT2D eigenvalue weighted by molar-refractivity contribution is 5.21. The van der Waals surface area contributed by atoms with Crippen molar-refractivity contribution in [3.05, 3.63) is 95.6 Å². The summed E-state index contributed by atoms with van der Waals surface area (Å²) >= 11 is 0. The standard InChI is InChI=1S/C20H22N2O4/c23-19(24)17-5-1-3-11-21(17)13-15-7-9-16(10-8-15)14-22-12-4-2-6-18(22)20(25)26/h1-12,19-20,23-26H,13-14H2/q+2. The quantitative estimate of drug-likeness (QED) is 0.379. The lowest BCUT2D eigenvalue weighted by Gasteiger charge is -2.07. The van der Waals surface area contributed by atoms with Crippen molar-refractivity contribution in [2.24, 2.45) is 0 Å². The van der Waals surface area contributed by atoms with Crippen LogP contribution in [0.3, 0.4) is 0 Å². The van der Waals surface area contributed by atoms with Crippen LogP contribution < -0.4 is 9.13 Å². The Kier molecular flexibility index (Phi) is 5.70. The van der Waals surface area contributed by atoms with Crippen molar-refractivity contribution < 1.29 is 29.6 Å². The van der Waals surface area contributed by atoms with Crippen molar-refractivity contribution in [3.63, 3.8) is 0 Å². The fourth-order valence-electron chi connectivity index (χ4n) is 2.88. The molecule has 0 fully saturated rings. The molecule has 1 aromatic carbocycles. The Balaban J connectivity index is 1.76. The molecule has 0 bridgehead atoms. The minimum Gasteiger partial charge on any atom is -0.360 e. The second kappa shape index (κ2) is 8.16. The van der Waals surface area contributed by atoms with Gasteiger partial charge in [-0.15, -0.1) is 0 Å².